The highest BCUT2D eigenvalue weighted by Crippen LogP contribution is 2.16. The van der Waals surface area contributed by atoms with E-state index in [2.05, 4.69) is 57.3 Å². The lowest BCUT2D eigenvalue weighted by Crippen LogP contribution is -2.27. The van der Waals surface area contributed by atoms with Gasteiger partial charge in [-0.2, -0.15) is 0 Å². The average Bonchev–Trinajstić information content (AvgIpc) is 2.37. The first kappa shape index (κ1) is 16.4. The predicted octanol–water partition coefficient (Wildman–Crippen LogP) is 3.30. The molecule has 1 rings (SSSR count). The molecule has 1 aromatic carbocycles. The molecule has 0 amide bonds. The molecule has 0 aliphatic carbocycles. The topological polar surface area (TPSA) is 29.1 Å². The normalized spacial score (nSPS) is 14.6. The minimum absolute atomic E-state index is 0.204. The monoisotopic (exact) mass is 281 g/mol. The minimum Gasteiger partial charge on any atom is -0.309 e. The van der Waals surface area contributed by atoms with E-state index in [1.165, 1.54) is 11.1 Å². The summed E-state index contributed by atoms with van der Waals surface area (Å²) in [7, 11) is -0.752. The van der Waals surface area contributed by atoms with Gasteiger partial charge in [0.15, 0.2) is 0 Å². The van der Waals surface area contributed by atoms with Crippen LogP contribution in [0.1, 0.15) is 44.9 Å². The molecule has 0 fully saturated rings. The molecule has 2 nitrogen and oxygen atoms in total. The van der Waals surface area contributed by atoms with Gasteiger partial charge >= 0.3 is 0 Å². The lowest BCUT2D eigenvalue weighted by Gasteiger charge is -2.19. The zero-order chi connectivity index (χ0) is 14.3. The summed E-state index contributed by atoms with van der Waals surface area (Å²) in [4.78, 5) is 0. The summed E-state index contributed by atoms with van der Waals surface area (Å²) in [6, 6.07) is 8.88. The molecule has 2 unspecified atom stereocenters. The molecular weight excluding hydrogens is 254 g/mol. The van der Waals surface area contributed by atoms with Gasteiger partial charge in [-0.3, -0.25) is 4.21 Å². The Morgan fingerprint density at radius 2 is 1.74 bits per heavy atom. The highest BCUT2D eigenvalue weighted by molar-refractivity contribution is 7.85. The molecule has 0 aliphatic heterocycles. The van der Waals surface area contributed by atoms with E-state index in [9.17, 15) is 4.21 Å². The van der Waals surface area contributed by atoms with Gasteiger partial charge in [-0.15, -0.1) is 0 Å². The van der Waals surface area contributed by atoms with Gasteiger partial charge in [0.25, 0.3) is 0 Å². The van der Waals surface area contributed by atoms with Crippen LogP contribution >= 0.6 is 0 Å². The Morgan fingerprint density at radius 3 is 2.21 bits per heavy atom. The molecule has 0 bridgehead atoms. The van der Waals surface area contributed by atoms with E-state index < -0.39 is 10.8 Å². The summed E-state index contributed by atoms with van der Waals surface area (Å²) in [6.07, 6.45) is 1.06. The maximum absolute atomic E-state index is 12.1. The van der Waals surface area contributed by atoms with E-state index in [1.54, 1.807) is 0 Å². The Bertz CT molecular complexity index is 386. The molecule has 1 aromatic rings. The fraction of sp³-hybridized carbons (Fsp3) is 0.625. The van der Waals surface area contributed by atoms with Crippen molar-refractivity contribution >= 4 is 10.8 Å². The zero-order valence-electron chi connectivity index (χ0n) is 12.6. The highest BCUT2D eigenvalue weighted by Gasteiger charge is 2.14. The molecular formula is C16H27NOS. The first-order valence-electron chi connectivity index (χ1n) is 7.24. The molecule has 2 atom stereocenters. The van der Waals surface area contributed by atoms with E-state index in [-0.39, 0.29) is 6.04 Å². The van der Waals surface area contributed by atoms with E-state index in [0.29, 0.717) is 11.7 Å². The standard InChI is InChI=1S/C16H27NOS/c1-5-14-7-9-15(10-8-14)16(17-6-2)12-19(18)11-13(3)4/h7-10,13,16-17H,5-6,11-12H2,1-4H3. The Hall–Kier alpha value is -0.670. The molecule has 0 saturated carbocycles. The zero-order valence-corrected chi connectivity index (χ0v) is 13.4. The first-order valence-corrected chi connectivity index (χ1v) is 8.72. The Balaban J connectivity index is 2.72. The van der Waals surface area contributed by atoms with Gasteiger partial charge in [0.05, 0.1) is 0 Å². The van der Waals surface area contributed by atoms with Crippen LogP contribution in [0.15, 0.2) is 24.3 Å². The minimum atomic E-state index is -0.752. The van der Waals surface area contributed by atoms with Gasteiger partial charge in [0, 0.05) is 28.3 Å². The second-order valence-electron chi connectivity index (χ2n) is 5.37. The molecule has 3 heteroatoms. The number of nitrogens with one attached hydrogen (secondary N) is 1. The second-order valence-corrected chi connectivity index (χ2v) is 6.92. The van der Waals surface area contributed by atoms with Crippen LogP contribution < -0.4 is 5.32 Å². The SMILES string of the molecule is CCNC(CS(=O)CC(C)C)c1ccc(CC)cc1. The van der Waals surface area contributed by atoms with Crippen molar-refractivity contribution in [3.8, 4) is 0 Å². The fourth-order valence-electron chi connectivity index (χ4n) is 2.13. The van der Waals surface area contributed by atoms with Crippen LogP contribution in [0.25, 0.3) is 0 Å². The van der Waals surface area contributed by atoms with Gasteiger partial charge in [0.1, 0.15) is 0 Å². The lowest BCUT2D eigenvalue weighted by atomic mass is 10.0. The van der Waals surface area contributed by atoms with Crippen molar-refractivity contribution in [3.63, 3.8) is 0 Å². The summed E-state index contributed by atoms with van der Waals surface area (Å²) in [6.45, 7) is 9.40. The van der Waals surface area contributed by atoms with E-state index in [0.717, 1.165) is 18.7 Å². The maximum Gasteiger partial charge on any atom is 0.0436 e. The van der Waals surface area contributed by atoms with Crippen molar-refractivity contribution in [1.82, 2.24) is 5.32 Å². The van der Waals surface area contributed by atoms with Gasteiger partial charge in [0.2, 0.25) is 0 Å². The van der Waals surface area contributed by atoms with Gasteiger partial charge in [-0.25, -0.2) is 0 Å². The summed E-state index contributed by atoms with van der Waals surface area (Å²) in [5.74, 6) is 1.98. The van der Waals surface area contributed by atoms with Crippen molar-refractivity contribution < 1.29 is 4.21 Å². The molecule has 0 saturated heterocycles. The van der Waals surface area contributed by atoms with Crippen LogP contribution in [0.5, 0.6) is 0 Å². The van der Waals surface area contributed by atoms with Crippen molar-refractivity contribution in [1.29, 1.82) is 0 Å². The van der Waals surface area contributed by atoms with Crippen LogP contribution in [-0.2, 0) is 17.2 Å². The third-order valence-electron chi connectivity index (χ3n) is 3.11. The smallest absolute Gasteiger partial charge is 0.0436 e. The quantitative estimate of drug-likeness (QED) is 0.792. The van der Waals surface area contributed by atoms with Crippen molar-refractivity contribution in [3.05, 3.63) is 35.4 Å². The predicted molar refractivity (Wildman–Crippen MR) is 85.0 cm³/mol. The molecule has 0 aromatic heterocycles. The average molecular weight is 281 g/mol. The summed E-state index contributed by atoms with van der Waals surface area (Å²) >= 11 is 0. The number of benzene rings is 1. The number of hydrogen-bond donors (Lipinski definition) is 1. The number of hydrogen-bond acceptors (Lipinski definition) is 2. The second kappa shape index (κ2) is 8.49. The Kier molecular flexibility index (Phi) is 7.32. The molecule has 1 N–H and O–H groups in total. The summed E-state index contributed by atoms with van der Waals surface area (Å²) in [5, 5.41) is 3.45. The van der Waals surface area contributed by atoms with Crippen molar-refractivity contribution in [2.24, 2.45) is 5.92 Å². The van der Waals surface area contributed by atoms with E-state index in [4.69, 9.17) is 0 Å². The van der Waals surface area contributed by atoms with Crippen molar-refractivity contribution in [2.75, 3.05) is 18.1 Å². The van der Waals surface area contributed by atoms with Crippen LogP contribution in [-0.4, -0.2) is 22.3 Å². The molecule has 0 aliphatic rings. The Labute approximate surface area is 120 Å². The van der Waals surface area contributed by atoms with Crippen LogP contribution in [0.3, 0.4) is 0 Å². The van der Waals surface area contributed by atoms with Gasteiger partial charge in [-0.05, 0) is 30.0 Å². The third-order valence-corrected chi connectivity index (χ3v) is 4.86. The number of aryl methyl sites for hydroxylation is 1. The summed E-state index contributed by atoms with van der Waals surface area (Å²) < 4.78 is 12.1. The van der Waals surface area contributed by atoms with Crippen LogP contribution in [0.4, 0.5) is 0 Å². The highest BCUT2D eigenvalue weighted by atomic mass is 32.2. The molecule has 0 radical (unpaired) electrons. The molecule has 19 heavy (non-hydrogen) atoms. The van der Waals surface area contributed by atoms with E-state index in [1.807, 2.05) is 0 Å². The van der Waals surface area contributed by atoms with Gasteiger partial charge in [-0.1, -0.05) is 52.0 Å². The van der Waals surface area contributed by atoms with Crippen LogP contribution in [0, 0.1) is 5.92 Å². The maximum atomic E-state index is 12.1. The third kappa shape index (κ3) is 5.87. The van der Waals surface area contributed by atoms with Gasteiger partial charge < -0.3 is 5.32 Å². The van der Waals surface area contributed by atoms with Crippen molar-refractivity contribution in [2.45, 2.75) is 40.2 Å². The van der Waals surface area contributed by atoms with E-state index >= 15 is 0 Å². The summed E-state index contributed by atoms with van der Waals surface area (Å²) in [5.41, 5.74) is 2.60. The van der Waals surface area contributed by atoms with Crippen LogP contribution in [0.2, 0.25) is 0 Å². The lowest BCUT2D eigenvalue weighted by molar-refractivity contribution is 0.590. The fourth-order valence-corrected chi connectivity index (χ4v) is 3.69. The molecule has 0 spiro atoms. The Morgan fingerprint density at radius 1 is 1.11 bits per heavy atom. The first-order chi connectivity index (χ1) is 9.06. The largest absolute Gasteiger partial charge is 0.309 e. The molecule has 108 valence electrons. The number of rotatable bonds is 8. The molecule has 0 heterocycles.